The second-order valence-corrected chi connectivity index (χ2v) is 12.9. The van der Waals surface area contributed by atoms with Gasteiger partial charge >= 0.3 is 0 Å². The first-order valence-corrected chi connectivity index (χ1v) is 16.4. The predicted octanol–water partition coefficient (Wildman–Crippen LogP) is 5.98. The molecule has 0 unspecified atom stereocenters. The Balaban J connectivity index is 0.000000505. The Morgan fingerprint density at radius 1 is 0.974 bits per heavy atom. The number of carbonyl (C=O) groups excluding carboxylic acids is 1. The summed E-state index contributed by atoms with van der Waals surface area (Å²) in [6.07, 6.45) is 3.94. The zero-order valence-corrected chi connectivity index (χ0v) is 25.5. The highest BCUT2D eigenvalue weighted by molar-refractivity contribution is 8.26. The smallest absolute Gasteiger partial charge is 0.266 e. The number of rotatable bonds is 9. The van der Waals surface area contributed by atoms with Crippen LogP contribution in [0.4, 0.5) is 5.69 Å². The molecule has 1 saturated heterocycles. The van der Waals surface area contributed by atoms with Gasteiger partial charge in [0.2, 0.25) is 0 Å². The summed E-state index contributed by atoms with van der Waals surface area (Å²) in [4.78, 5) is 20.1. The van der Waals surface area contributed by atoms with Crippen LogP contribution >= 0.6 is 35.7 Å². The molecule has 0 radical (unpaired) electrons. The van der Waals surface area contributed by atoms with Crippen molar-refractivity contribution in [2.45, 2.75) is 39.0 Å². The fourth-order valence-electron chi connectivity index (χ4n) is 4.23. The van der Waals surface area contributed by atoms with Gasteiger partial charge in [0.05, 0.1) is 21.4 Å². The highest BCUT2D eigenvalue weighted by Gasteiger charge is 2.31. The maximum Gasteiger partial charge on any atom is 0.266 e. The summed E-state index contributed by atoms with van der Waals surface area (Å²) in [6, 6.07) is 12.1. The third-order valence-electron chi connectivity index (χ3n) is 6.31. The average molecular weight is 594 g/mol. The van der Waals surface area contributed by atoms with Crippen LogP contribution in [0.5, 0.6) is 0 Å². The van der Waals surface area contributed by atoms with Crippen LogP contribution in [0.25, 0.3) is 10.8 Å². The highest BCUT2D eigenvalue weighted by atomic mass is 32.2. The number of thioether (sulfide) groups is 2. The van der Waals surface area contributed by atoms with Crippen molar-refractivity contribution < 1.29 is 17.8 Å². The Labute approximate surface area is 240 Å². The minimum Gasteiger partial charge on any atom is -0.334 e. The molecule has 2 aliphatic rings. The topological polar surface area (TPSA) is 81.2 Å². The molecule has 206 valence electrons. The molecule has 0 saturated carbocycles. The van der Waals surface area contributed by atoms with Crippen LogP contribution in [0.2, 0.25) is 0 Å². The molecule has 0 spiro atoms. The molecule has 1 fully saturated rings. The number of thiocarbonyl (C=S) groups is 1. The molecule has 1 N–H and O–H groups in total. The van der Waals surface area contributed by atoms with E-state index in [0.717, 1.165) is 26.4 Å². The lowest BCUT2D eigenvalue weighted by atomic mass is 10.1. The van der Waals surface area contributed by atoms with Gasteiger partial charge in [0.15, 0.2) is 0 Å². The van der Waals surface area contributed by atoms with Crippen LogP contribution in [0.15, 0.2) is 63.4 Å². The van der Waals surface area contributed by atoms with Crippen molar-refractivity contribution in [2.24, 2.45) is 0 Å². The van der Waals surface area contributed by atoms with E-state index in [9.17, 15) is 13.2 Å². The molecule has 7 nitrogen and oxygen atoms in total. The van der Waals surface area contributed by atoms with E-state index in [2.05, 4.69) is 42.7 Å². The van der Waals surface area contributed by atoms with E-state index in [1.807, 2.05) is 37.3 Å². The molecule has 4 rings (SSSR count). The molecule has 0 atom stereocenters. The molecule has 0 aromatic heterocycles. The number of amides is 1. The Morgan fingerprint density at radius 3 is 2.24 bits per heavy atom. The normalized spacial score (nSPS) is 17.6. The van der Waals surface area contributed by atoms with E-state index < -0.39 is 10.1 Å². The number of anilines is 1. The van der Waals surface area contributed by atoms with Crippen LogP contribution in [-0.4, -0.2) is 71.5 Å². The van der Waals surface area contributed by atoms with Gasteiger partial charge in [-0.1, -0.05) is 86.8 Å². The first kappa shape index (κ1) is 30.6. The van der Waals surface area contributed by atoms with Crippen LogP contribution in [0.3, 0.4) is 0 Å². The molecule has 38 heavy (non-hydrogen) atoms. The summed E-state index contributed by atoms with van der Waals surface area (Å²) >= 11 is 8.13. The van der Waals surface area contributed by atoms with Gasteiger partial charge in [0.1, 0.15) is 4.32 Å². The number of benzene rings is 2. The van der Waals surface area contributed by atoms with Crippen molar-refractivity contribution in [1.29, 1.82) is 0 Å². The first-order valence-electron chi connectivity index (χ1n) is 12.7. The Hall–Kier alpha value is -1.89. The van der Waals surface area contributed by atoms with Gasteiger partial charge < -0.3 is 9.80 Å². The van der Waals surface area contributed by atoms with Gasteiger partial charge in [-0.2, -0.15) is 8.42 Å². The van der Waals surface area contributed by atoms with Crippen molar-refractivity contribution >= 4 is 72.5 Å². The van der Waals surface area contributed by atoms with Crippen LogP contribution in [0, 0.1) is 0 Å². The van der Waals surface area contributed by atoms with Crippen molar-refractivity contribution in [3.8, 4) is 0 Å². The van der Waals surface area contributed by atoms with Gasteiger partial charge in [-0.25, -0.2) is 0 Å². The Kier molecular flexibility index (Phi) is 11.3. The van der Waals surface area contributed by atoms with Crippen LogP contribution in [0.1, 0.15) is 34.1 Å². The molecule has 2 aliphatic heterocycles. The maximum absolute atomic E-state index is 12.5. The van der Waals surface area contributed by atoms with Crippen LogP contribution in [-0.2, 0) is 14.9 Å². The van der Waals surface area contributed by atoms with Gasteiger partial charge in [-0.05, 0) is 56.6 Å². The molecular formula is C27H35N3O4S4. The molecule has 1 amide bonds. The number of allylic oxidation sites excluding steroid dienone is 2. The van der Waals surface area contributed by atoms with Crippen molar-refractivity contribution in [3.05, 3.63) is 58.5 Å². The SMILES string of the molecule is CCN(CC)CC.CCN1C(=O)/C(=C/C=C2/Sc3ccc4ccccc4c3N2CCCS(=O)(=O)O)SC1=S. The number of hydrogen-bond donors (Lipinski definition) is 1. The van der Waals surface area contributed by atoms with E-state index >= 15 is 0 Å². The summed E-state index contributed by atoms with van der Waals surface area (Å²) < 4.78 is 32.1. The van der Waals surface area contributed by atoms with Gasteiger partial charge in [-0.15, -0.1) is 0 Å². The summed E-state index contributed by atoms with van der Waals surface area (Å²) in [5.74, 6) is -0.408. The highest BCUT2D eigenvalue weighted by Crippen LogP contribution is 2.49. The molecule has 2 aromatic carbocycles. The number of carbonyl (C=O) groups is 1. The lowest BCUT2D eigenvalue weighted by Crippen LogP contribution is -2.27. The molecule has 2 heterocycles. The van der Waals surface area contributed by atoms with E-state index in [0.29, 0.717) is 22.3 Å². The molecular weight excluding hydrogens is 559 g/mol. The number of fused-ring (bicyclic) bond motifs is 3. The fraction of sp³-hybridized carbons (Fsp3) is 0.407. The van der Waals surface area contributed by atoms with E-state index in [1.165, 1.54) is 31.4 Å². The fourth-order valence-corrected chi connectivity index (χ4v) is 7.16. The lowest BCUT2D eigenvalue weighted by Gasteiger charge is -2.21. The number of likely N-dealkylation sites (N-methyl/N-ethyl adjacent to an activating group) is 1. The van der Waals surface area contributed by atoms with Gasteiger partial charge in [0.25, 0.3) is 16.0 Å². The second-order valence-electron chi connectivity index (χ2n) is 8.60. The van der Waals surface area contributed by atoms with E-state index in [-0.39, 0.29) is 18.1 Å². The first-order chi connectivity index (χ1) is 18.1. The summed E-state index contributed by atoms with van der Waals surface area (Å²) in [7, 11) is -4.03. The summed E-state index contributed by atoms with van der Waals surface area (Å²) in [6.45, 7) is 13.0. The molecule has 11 heteroatoms. The second kappa shape index (κ2) is 14.0. The maximum atomic E-state index is 12.5. The third-order valence-corrected chi connectivity index (χ3v) is 9.62. The van der Waals surface area contributed by atoms with Gasteiger partial charge in [0, 0.05) is 23.4 Å². The van der Waals surface area contributed by atoms with Crippen LogP contribution < -0.4 is 4.90 Å². The number of hydrogen-bond acceptors (Lipinski definition) is 8. The van der Waals surface area contributed by atoms with Crippen molar-refractivity contribution in [2.75, 3.05) is 43.4 Å². The van der Waals surface area contributed by atoms with Crippen molar-refractivity contribution in [1.82, 2.24) is 9.80 Å². The predicted molar refractivity (Wildman–Crippen MR) is 165 cm³/mol. The molecule has 0 bridgehead atoms. The monoisotopic (exact) mass is 593 g/mol. The largest absolute Gasteiger partial charge is 0.334 e. The zero-order valence-electron chi connectivity index (χ0n) is 22.2. The Bertz CT molecular complexity index is 1330. The average Bonchev–Trinajstić information content (AvgIpc) is 3.39. The summed E-state index contributed by atoms with van der Waals surface area (Å²) in [5, 5.41) is 3.05. The quantitative estimate of drug-likeness (QED) is 0.214. The lowest BCUT2D eigenvalue weighted by molar-refractivity contribution is -0.122. The minimum absolute atomic E-state index is 0.0989. The van der Waals surface area contributed by atoms with E-state index in [1.54, 1.807) is 22.7 Å². The van der Waals surface area contributed by atoms with Crippen molar-refractivity contribution in [3.63, 3.8) is 0 Å². The third kappa shape index (κ3) is 7.61. The zero-order chi connectivity index (χ0) is 27.9. The Morgan fingerprint density at radius 2 is 1.66 bits per heavy atom. The minimum atomic E-state index is -4.03. The molecule has 0 aliphatic carbocycles. The van der Waals surface area contributed by atoms with Gasteiger partial charge in [-0.3, -0.25) is 14.2 Å². The molecule has 2 aromatic rings. The number of nitrogens with zero attached hydrogens (tertiary/aromatic N) is 3. The summed E-state index contributed by atoms with van der Waals surface area (Å²) in [5.41, 5.74) is 1.01. The van der Waals surface area contributed by atoms with E-state index in [4.69, 9.17) is 16.8 Å². The standard InChI is InChI=1S/C21H20N2O4S4.C6H15N/c1-2-22-20(24)17(30-21(22)28)10-11-18-23(12-5-13-31(25,26)27)19-15-7-4-3-6-14(15)8-9-16(19)29-18;1-4-7(5-2)6-3/h3-4,6-11H,2,5,12-13H2,1H3,(H,25,26,27);4-6H2,1-3H3/b17-10-,18-11+;.